The molecule has 0 aliphatic heterocycles. The van der Waals surface area contributed by atoms with E-state index in [1.165, 1.54) is 12.1 Å². The van der Waals surface area contributed by atoms with Gasteiger partial charge in [0.1, 0.15) is 0 Å². The van der Waals surface area contributed by atoms with Gasteiger partial charge in [-0.15, -0.1) is 0 Å². The van der Waals surface area contributed by atoms with E-state index in [2.05, 4.69) is 6.58 Å². The topological polar surface area (TPSA) is 74.6 Å². The number of carbonyl (C=O) groups is 2. The summed E-state index contributed by atoms with van der Waals surface area (Å²) < 4.78 is 0. The number of carboxylic acids is 2. The Kier molecular flexibility index (Phi) is 3.61. The molecule has 0 amide bonds. The van der Waals surface area contributed by atoms with Gasteiger partial charge < -0.3 is 10.2 Å². The van der Waals surface area contributed by atoms with Crippen molar-refractivity contribution in [2.45, 2.75) is 0 Å². The zero-order valence-corrected chi connectivity index (χ0v) is 8.38. The molecule has 0 unspecified atom stereocenters. The van der Waals surface area contributed by atoms with Crippen molar-refractivity contribution >= 4 is 17.5 Å². The lowest BCUT2D eigenvalue weighted by Gasteiger charge is -2.05. The van der Waals surface area contributed by atoms with E-state index < -0.39 is 11.9 Å². The average molecular weight is 218 g/mol. The molecule has 1 rings (SSSR count). The first-order valence-corrected chi connectivity index (χ1v) is 4.46. The number of benzene rings is 1. The van der Waals surface area contributed by atoms with Crippen molar-refractivity contribution < 1.29 is 19.8 Å². The van der Waals surface area contributed by atoms with Crippen LogP contribution in [0, 0.1) is 0 Å². The van der Waals surface area contributed by atoms with E-state index in [4.69, 9.17) is 10.2 Å². The van der Waals surface area contributed by atoms with Crippen molar-refractivity contribution in [2.75, 3.05) is 0 Å². The summed E-state index contributed by atoms with van der Waals surface area (Å²) in [5, 5.41) is 17.9. The summed E-state index contributed by atoms with van der Waals surface area (Å²) in [7, 11) is 0. The Bertz CT molecular complexity index is 457. The second-order valence-electron chi connectivity index (χ2n) is 2.97. The molecule has 4 heteroatoms. The number of hydrogen-bond donors (Lipinski definition) is 2. The van der Waals surface area contributed by atoms with E-state index in [-0.39, 0.29) is 11.1 Å². The number of aliphatic carboxylic acids is 2. The van der Waals surface area contributed by atoms with Crippen LogP contribution in [0.25, 0.3) is 5.57 Å². The first-order chi connectivity index (χ1) is 7.57. The highest BCUT2D eigenvalue weighted by Gasteiger charge is 2.19. The summed E-state index contributed by atoms with van der Waals surface area (Å²) in [6.07, 6.45) is 1.03. The predicted octanol–water partition coefficient (Wildman–Crippen LogP) is 1.80. The van der Waals surface area contributed by atoms with E-state index in [1.54, 1.807) is 18.2 Å². The molecule has 4 nitrogen and oxygen atoms in total. The zero-order valence-electron chi connectivity index (χ0n) is 8.38. The van der Waals surface area contributed by atoms with Gasteiger partial charge in [-0.2, -0.15) is 0 Å². The van der Waals surface area contributed by atoms with Gasteiger partial charge in [0.25, 0.3) is 0 Å². The minimum Gasteiger partial charge on any atom is -0.478 e. The van der Waals surface area contributed by atoms with Gasteiger partial charge in [-0.3, -0.25) is 0 Å². The lowest BCUT2D eigenvalue weighted by Crippen LogP contribution is -2.09. The first kappa shape index (κ1) is 11.7. The van der Waals surface area contributed by atoms with E-state index >= 15 is 0 Å². The molecular weight excluding hydrogens is 208 g/mol. The van der Waals surface area contributed by atoms with Crippen molar-refractivity contribution in [1.82, 2.24) is 0 Å². The Morgan fingerprint density at radius 2 is 1.62 bits per heavy atom. The van der Waals surface area contributed by atoms with Crippen LogP contribution in [0.5, 0.6) is 0 Å². The van der Waals surface area contributed by atoms with Gasteiger partial charge in [0.15, 0.2) is 0 Å². The summed E-state index contributed by atoms with van der Waals surface area (Å²) in [6, 6.07) is 8.07. The van der Waals surface area contributed by atoms with Crippen LogP contribution >= 0.6 is 0 Å². The van der Waals surface area contributed by atoms with Crippen LogP contribution in [0.3, 0.4) is 0 Å². The normalized spacial score (nSPS) is 11.5. The molecule has 1 aromatic rings. The van der Waals surface area contributed by atoms with Crippen LogP contribution in [-0.4, -0.2) is 22.2 Å². The highest BCUT2D eigenvalue weighted by atomic mass is 16.4. The third kappa shape index (κ3) is 2.36. The monoisotopic (exact) mass is 218 g/mol. The third-order valence-corrected chi connectivity index (χ3v) is 1.98. The molecule has 0 aromatic heterocycles. The summed E-state index contributed by atoms with van der Waals surface area (Å²) in [5.41, 5.74) is -0.242. The smallest absolute Gasteiger partial charge is 0.337 e. The fraction of sp³-hybridized carbons (Fsp3) is 0. The van der Waals surface area contributed by atoms with Crippen LogP contribution in [0.4, 0.5) is 0 Å². The quantitative estimate of drug-likeness (QED) is 0.596. The molecule has 0 aliphatic carbocycles. The maximum atomic E-state index is 11.0. The van der Waals surface area contributed by atoms with Crippen molar-refractivity contribution in [3.63, 3.8) is 0 Å². The molecule has 0 saturated carbocycles. The van der Waals surface area contributed by atoms with E-state index in [0.29, 0.717) is 5.56 Å². The fourth-order valence-electron chi connectivity index (χ4n) is 1.30. The summed E-state index contributed by atoms with van der Waals surface area (Å²) in [4.78, 5) is 21.9. The molecule has 82 valence electrons. The van der Waals surface area contributed by atoms with Crippen molar-refractivity contribution in [2.24, 2.45) is 0 Å². The van der Waals surface area contributed by atoms with Gasteiger partial charge >= 0.3 is 11.9 Å². The summed E-state index contributed by atoms with van der Waals surface area (Å²) in [6.45, 7) is 3.31. The van der Waals surface area contributed by atoms with Crippen molar-refractivity contribution in [3.05, 3.63) is 54.1 Å². The Morgan fingerprint density at radius 1 is 1.06 bits per heavy atom. The van der Waals surface area contributed by atoms with Crippen molar-refractivity contribution in [3.8, 4) is 0 Å². The fourth-order valence-corrected chi connectivity index (χ4v) is 1.30. The minimum absolute atomic E-state index is 0.261. The standard InChI is InChI=1S/C12H10O4/c1-2-9(11(13)14)10(12(15)16)8-6-4-3-5-7-8/h2-7H,1H2,(H,13,14)(H,15,16). The van der Waals surface area contributed by atoms with Crippen LogP contribution in [0.1, 0.15) is 5.56 Å². The van der Waals surface area contributed by atoms with Crippen molar-refractivity contribution in [1.29, 1.82) is 0 Å². The second-order valence-corrected chi connectivity index (χ2v) is 2.97. The lowest BCUT2D eigenvalue weighted by molar-refractivity contribution is -0.134. The number of rotatable bonds is 4. The largest absolute Gasteiger partial charge is 0.478 e. The highest BCUT2D eigenvalue weighted by molar-refractivity contribution is 6.22. The number of carboxylic acid groups (broad SMARTS) is 2. The number of hydrogen-bond acceptors (Lipinski definition) is 2. The molecule has 0 fully saturated rings. The van der Waals surface area contributed by atoms with Crippen LogP contribution < -0.4 is 0 Å². The highest BCUT2D eigenvalue weighted by Crippen LogP contribution is 2.19. The van der Waals surface area contributed by atoms with Gasteiger partial charge in [-0.05, 0) is 5.56 Å². The molecule has 16 heavy (non-hydrogen) atoms. The molecular formula is C12H10O4. The maximum Gasteiger partial charge on any atom is 0.337 e. The van der Waals surface area contributed by atoms with Crippen LogP contribution in [0.2, 0.25) is 0 Å². The molecule has 0 bridgehead atoms. The van der Waals surface area contributed by atoms with E-state index in [1.807, 2.05) is 0 Å². The first-order valence-electron chi connectivity index (χ1n) is 4.46. The molecule has 0 aliphatic rings. The van der Waals surface area contributed by atoms with E-state index in [0.717, 1.165) is 6.08 Å². The maximum absolute atomic E-state index is 11.0. The van der Waals surface area contributed by atoms with Gasteiger partial charge in [-0.1, -0.05) is 43.0 Å². The van der Waals surface area contributed by atoms with Crippen LogP contribution in [0.15, 0.2) is 48.6 Å². The van der Waals surface area contributed by atoms with Gasteiger partial charge in [0.2, 0.25) is 0 Å². The summed E-state index contributed by atoms with van der Waals surface area (Å²) >= 11 is 0. The Labute approximate surface area is 92.2 Å². The van der Waals surface area contributed by atoms with E-state index in [9.17, 15) is 9.59 Å². The van der Waals surface area contributed by atoms with Gasteiger partial charge in [-0.25, -0.2) is 9.59 Å². The lowest BCUT2D eigenvalue weighted by atomic mass is 10.00. The predicted molar refractivity (Wildman–Crippen MR) is 58.8 cm³/mol. The minimum atomic E-state index is -1.31. The Balaban J connectivity index is 3.46. The third-order valence-electron chi connectivity index (χ3n) is 1.98. The average Bonchev–Trinajstić information content (AvgIpc) is 2.25. The van der Waals surface area contributed by atoms with Gasteiger partial charge in [0, 0.05) is 0 Å². The molecule has 0 radical (unpaired) electrons. The SMILES string of the molecule is C=CC(C(=O)O)=C(C(=O)O)c1ccccc1. The molecule has 0 spiro atoms. The molecule has 2 N–H and O–H groups in total. The van der Waals surface area contributed by atoms with Crippen LogP contribution in [-0.2, 0) is 9.59 Å². The Morgan fingerprint density at radius 3 is 2.00 bits per heavy atom. The van der Waals surface area contributed by atoms with Gasteiger partial charge in [0.05, 0.1) is 11.1 Å². The molecule has 0 saturated heterocycles. The zero-order chi connectivity index (χ0) is 12.1. The molecule has 0 heterocycles. The second kappa shape index (κ2) is 4.93. The summed E-state index contributed by atoms with van der Waals surface area (Å²) in [5.74, 6) is -2.60. The Hall–Kier alpha value is -2.36. The molecule has 1 aromatic carbocycles. The molecule has 0 atom stereocenters.